The monoisotopic (exact) mass is 465 g/mol. The number of carbonyl (C=O) groups is 1. The molecule has 2 rings (SSSR count). The molecule has 0 fully saturated rings. The Morgan fingerprint density at radius 2 is 1.90 bits per heavy atom. The Balaban J connectivity index is 0.00000420. The Morgan fingerprint density at radius 3 is 2.48 bits per heavy atom. The van der Waals surface area contributed by atoms with Gasteiger partial charge >= 0.3 is 0 Å². The number of aromatic nitrogens is 1. The molecule has 0 saturated heterocycles. The van der Waals surface area contributed by atoms with E-state index in [1.807, 2.05) is 19.1 Å². The molecule has 160 valence electrons. The van der Waals surface area contributed by atoms with E-state index >= 15 is 0 Å². The molecular formula is C22H32BrN3O3. The number of nitrogens with zero attached hydrogens (tertiary/aromatic N) is 2. The molecule has 0 atom stereocenters. The maximum atomic E-state index is 12.9. The third kappa shape index (κ3) is 5.28. The first-order valence-corrected chi connectivity index (χ1v) is 10.0. The van der Waals surface area contributed by atoms with Crippen LogP contribution in [0.2, 0.25) is 0 Å². The third-order valence-electron chi connectivity index (χ3n) is 5.55. The van der Waals surface area contributed by atoms with E-state index in [1.54, 1.807) is 22.8 Å². The van der Waals surface area contributed by atoms with E-state index in [-0.39, 0.29) is 28.3 Å². The van der Waals surface area contributed by atoms with Crippen molar-refractivity contribution < 1.29 is 31.4 Å². The van der Waals surface area contributed by atoms with Gasteiger partial charge in [-0.15, -0.1) is 0 Å². The molecule has 0 saturated carbocycles. The number of nitrogens with one attached hydrogen (secondary N) is 1. The predicted octanol–water partition coefficient (Wildman–Crippen LogP) is -0.106. The zero-order chi connectivity index (χ0) is 20.7. The van der Waals surface area contributed by atoms with E-state index in [2.05, 4.69) is 25.7 Å². The van der Waals surface area contributed by atoms with Crippen molar-refractivity contribution in [1.82, 2.24) is 9.88 Å². The second-order valence-electron chi connectivity index (χ2n) is 7.12. The number of halogens is 1. The summed E-state index contributed by atoms with van der Waals surface area (Å²) in [5.41, 5.74) is 0.0115. The van der Waals surface area contributed by atoms with Crippen molar-refractivity contribution in [2.45, 2.75) is 33.7 Å². The van der Waals surface area contributed by atoms with Gasteiger partial charge in [-0.2, -0.15) is 0 Å². The van der Waals surface area contributed by atoms with Gasteiger partial charge in [0, 0.05) is 11.9 Å². The van der Waals surface area contributed by atoms with E-state index in [0.29, 0.717) is 24.0 Å². The molecule has 1 aromatic carbocycles. The van der Waals surface area contributed by atoms with E-state index in [1.165, 1.54) is 0 Å². The molecule has 0 spiro atoms. The molecule has 0 radical (unpaired) electrons. The molecule has 2 aromatic rings. The lowest BCUT2D eigenvalue weighted by atomic mass is 10.1. The minimum absolute atomic E-state index is 0. The summed E-state index contributed by atoms with van der Waals surface area (Å²) < 4.78 is 2.38. The van der Waals surface area contributed by atoms with Crippen LogP contribution < -0.4 is 27.9 Å². The van der Waals surface area contributed by atoms with E-state index < -0.39 is 11.5 Å². The highest BCUT2D eigenvalue weighted by Crippen LogP contribution is 2.26. The number of rotatable bonds is 10. The molecule has 0 aliphatic carbocycles. The largest absolute Gasteiger partial charge is 1.00 e. The van der Waals surface area contributed by atoms with E-state index in [4.69, 9.17) is 0 Å². The fourth-order valence-electron chi connectivity index (χ4n) is 3.70. The Hall–Kier alpha value is -2.12. The van der Waals surface area contributed by atoms with Gasteiger partial charge in [0.05, 0.1) is 38.2 Å². The third-order valence-corrected chi connectivity index (χ3v) is 5.55. The van der Waals surface area contributed by atoms with Gasteiger partial charge in [0.1, 0.15) is 11.3 Å². The van der Waals surface area contributed by atoms with Crippen molar-refractivity contribution in [3.63, 3.8) is 0 Å². The number of likely N-dealkylation sites (N-methyl/N-ethyl adjacent to an activating group) is 1. The Kier molecular flexibility index (Phi) is 9.59. The summed E-state index contributed by atoms with van der Waals surface area (Å²) in [7, 11) is 0. The first kappa shape index (κ1) is 24.9. The first-order chi connectivity index (χ1) is 13.4. The molecule has 29 heavy (non-hydrogen) atoms. The number of hydrogen-bond donors (Lipinski definition) is 2. The summed E-state index contributed by atoms with van der Waals surface area (Å²) in [6.45, 7) is 14.4. The zero-order valence-corrected chi connectivity index (χ0v) is 19.2. The van der Waals surface area contributed by atoms with Crippen molar-refractivity contribution >= 4 is 16.8 Å². The number of aromatic hydroxyl groups is 1. The maximum Gasteiger partial charge on any atom is 0.267 e. The van der Waals surface area contributed by atoms with Crippen LogP contribution in [0.5, 0.6) is 5.75 Å². The molecular weight excluding hydrogens is 434 g/mol. The normalized spacial score (nSPS) is 11.1. The van der Waals surface area contributed by atoms with Crippen molar-refractivity contribution in [3.05, 3.63) is 52.8 Å². The van der Waals surface area contributed by atoms with Crippen LogP contribution in [-0.2, 0) is 6.54 Å². The first-order valence-electron chi connectivity index (χ1n) is 10.0. The van der Waals surface area contributed by atoms with E-state index in [0.717, 1.165) is 37.1 Å². The molecule has 0 aliphatic rings. The summed E-state index contributed by atoms with van der Waals surface area (Å²) in [6.07, 6.45) is 2.65. The predicted molar refractivity (Wildman–Crippen MR) is 114 cm³/mol. The number of carbonyl (C=O) groups excluding carboxylic acids is 1. The van der Waals surface area contributed by atoms with Crippen molar-refractivity contribution in [1.29, 1.82) is 0 Å². The molecule has 0 aliphatic heterocycles. The average molecular weight is 466 g/mol. The van der Waals surface area contributed by atoms with Crippen molar-refractivity contribution in [3.8, 4) is 5.75 Å². The lowest BCUT2D eigenvalue weighted by molar-refractivity contribution is -0.918. The van der Waals surface area contributed by atoms with Crippen LogP contribution >= 0.6 is 0 Å². The molecule has 2 N–H and O–H groups in total. The number of fused-ring (bicyclic) bond motifs is 1. The van der Waals surface area contributed by atoms with Gasteiger partial charge in [-0.05, 0) is 38.5 Å². The zero-order valence-electron chi connectivity index (χ0n) is 17.6. The van der Waals surface area contributed by atoms with Crippen LogP contribution in [0.1, 0.15) is 37.6 Å². The number of pyridine rings is 1. The minimum atomic E-state index is -0.526. The number of quaternary nitrogens is 1. The van der Waals surface area contributed by atoms with Crippen molar-refractivity contribution in [2.24, 2.45) is 0 Å². The highest BCUT2D eigenvalue weighted by Gasteiger charge is 2.24. The number of hydrogen-bond acceptors (Lipinski definition) is 3. The van der Waals surface area contributed by atoms with Crippen LogP contribution in [0, 0.1) is 0 Å². The Labute approximate surface area is 183 Å². The van der Waals surface area contributed by atoms with Crippen LogP contribution in [-0.4, -0.2) is 52.8 Å². The molecule has 6 nitrogen and oxygen atoms in total. The fraction of sp³-hybridized carbons (Fsp3) is 0.455. The van der Waals surface area contributed by atoms with Gasteiger partial charge in [0.15, 0.2) is 0 Å². The van der Waals surface area contributed by atoms with Crippen LogP contribution in [0.25, 0.3) is 10.9 Å². The number of amides is 1. The highest BCUT2D eigenvalue weighted by molar-refractivity contribution is 6.02. The number of benzene rings is 1. The van der Waals surface area contributed by atoms with Gasteiger partial charge < -0.3 is 36.5 Å². The molecule has 7 heteroatoms. The summed E-state index contributed by atoms with van der Waals surface area (Å²) in [6, 6.07) is 7.12. The lowest BCUT2D eigenvalue weighted by Gasteiger charge is -2.35. The van der Waals surface area contributed by atoms with Crippen LogP contribution in [0.3, 0.4) is 0 Å². The van der Waals surface area contributed by atoms with Crippen LogP contribution in [0.15, 0.2) is 41.7 Å². The summed E-state index contributed by atoms with van der Waals surface area (Å²) in [5, 5.41) is 14.0. The summed E-state index contributed by atoms with van der Waals surface area (Å²) >= 11 is 0. The van der Waals surface area contributed by atoms with Gasteiger partial charge in [-0.3, -0.25) is 9.59 Å². The summed E-state index contributed by atoms with van der Waals surface area (Å²) in [5.74, 6) is -0.773. The van der Waals surface area contributed by atoms with Gasteiger partial charge in [0.2, 0.25) is 0 Å². The van der Waals surface area contributed by atoms with E-state index in [9.17, 15) is 14.7 Å². The quantitative estimate of drug-likeness (QED) is 0.380. The molecule has 1 heterocycles. The van der Waals surface area contributed by atoms with Gasteiger partial charge in [-0.1, -0.05) is 25.6 Å². The molecule has 1 aromatic heterocycles. The highest BCUT2D eigenvalue weighted by atomic mass is 79.9. The fourth-order valence-corrected chi connectivity index (χ4v) is 3.70. The second-order valence-corrected chi connectivity index (χ2v) is 7.12. The smallest absolute Gasteiger partial charge is 0.267 e. The number of para-hydroxylation sites is 1. The second kappa shape index (κ2) is 11.2. The maximum absolute atomic E-state index is 12.9. The van der Waals surface area contributed by atoms with Crippen LogP contribution in [0.4, 0.5) is 0 Å². The topological polar surface area (TPSA) is 71.3 Å². The average Bonchev–Trinajstić information content (AvgIpc) is 2.70. The summed E-state index contributed by atoms with van der Waals surface area (Å²) in [4.78, 5) is 25.7. The minimum Gasteiger partial charge on any atom is -1.00 e. The SMILES string of the molecule is C=CC[N+](CC)(CC)CCNC(=O)c1c(O)c2ccccc2n(CCC)c1=O.[Br-]. The molecule has 1 amide bonds. The number of aryl methyl sites for hydroxylation is 1. The van der Waals surface area contributed by atoms with Gasteiger partial charge in [0.25, 0.3) is 11.5 Å². The van der Waals surface area contributed by atoms with Gasteiger partial charge in [-0.25, -0.2) is 0 Å². The molecule has 0 unspecified atom stereocenters. The standard InChI is InChI=1S/C22H31N3O3.BrH/c1-5-14-24-18-12-10-9-11-17(18)20(26)19(22(24)28)21(27)23-13-16-25(7-3,8-4)15-6-2;/h6,9-12H,2,5,7-8,13-16H2,1,3-4H3,(H-,23,26,27,28);1H. The lowest BCUT2D eigenvalue weighted by Crippen LogP contribution is -3.00. The molecule has 0 bridgehead atoms. The Morgan fingerprint density at radius 1 is 1.24 bits per heavy atom. The Bertz CT molecular complexity index is 904. The van der Waals surface area contributed by atoms with Crippen molar-refractivity contribution in [2.75, 3.05) is 32.7 Å².